The molecule has 0 fully saturated rings. The summed E-state index contributed by atoms with van der Waals surface area (Å²) >= 11 is 5.92. The Bertz CT molecular complexity index is 866. The highest BCUT2D eigenvalue weighted by Gasteiger charge is 2.08. The molecule has 1 aromatic heterocycles. The molecule has 24 heavy (non-hydrogen) atoms. The molecule has 0 saturated heterocycles. The second-order valence-electron chi connectivity index (χ2n) is 5.11. The molecule has 0 bridgehead atoms. The molecule has 120 valence electrons. The van der Waals surface area contributed by atoms with Gasteiger partial charge in [-0.1, -0.05) is 23.7 Å². The van der Waals surface area contributed by atoms with Gasteiger partial charge in [0.1, 0.15) is 5.75 Å². The Morgan fingerprint density at radius 3 is 2.62 bits per heavy atom. The SMILES string of the molecule is Cc1ccc(Oc2cccc(C(=O)Nc3cccc(Cl)c3)c2)nn1. The van der Waals surface area contributed by atoms with Gasteiger partial charge >= 0.3 is 0 Å². The molecule has 1 amide bonds. The van der Waals surface area contributed by atoms with Crippen LogP contribution < -0.4 is 10.1 Å². The van der Waals surface area contributed by atoms with Crippen LogP contribution in [0, 0.1) is 6.92 Å². The molecule has 1 heterocycles. The Hall–Kier alpha value is -2.92. The number of carbonyl (C=O) groups excluding carboxylic acids is 1. The Balaban J connectivity index is 1.74. The van der Waals surface area contributed by atoms with E-state index < -0.39 is 0 Å². The number of ether oxygens (including phenoxy) is 1. The smallest absolute Gasteiger partial charge is 0.255 e. The zero-order chi connectivity index (χ0) is 16.9. The van der Waals surface area contributed by atoms with Crippen LogP contribution in [0.2, 0.25) is 5.02 Å². The van der Waals surface area contributed by atoms with E-state index in [4.69, 9.17) is 16.3 Å². The van der Waals surface area contributed by atoms with Crippen LogP contribution in [0.4, 0.5) is 5.69 Å². The third-order valence-corrected chi connectivity index (χ3v) is 3.41. The summed E-state index contributed by atoms with van der Waals surface area (Å²) in [6, 6.07) is 17.3. The van der Waals surface area contributed by atoms with Gasteiger partial charge in [0.15, 0.2) is 0 Å². The monoisotopic (exact) mass is 339 g/mol. The lowest BCUT2D eigenvalue weighted by molar-refractivity contribution is 0.102. The van der Waals surface area contributed by atoms with E-state index >= 15 is 0 Å². The highest BCUT2D eigenvalue weighted by molar-refractivity contribution is 6.30. The number of aryl methyl sites for hydroxylation is 1. The average molecular weight is 340 g/mol. The number of carbonyl (C=O) groups is 1. The number of hydrogen-bond donors (Lipinski definition) is 1. The summed E-state index contributed by atoms with van der Waals surface area (Å²) in [5.74, 6) is 0.623. The molecular formula is C18H14ClN3O2. The van der Waals surface area contributed by atoms with Crippen molar-refractivity contribution < 1.29 is 9.53 Å². The van der Waals surface area contributed by atoms with E-state index in [1.54, 1.807) is 60.7 Å². The summed E-state index contributed by atoms with van der Waals surface area (Å²) in [5.41, 5.74) is 1.90. The van der Waals surface area contributed by atoms with E-state index in [0.29, 0.717) is 27.9 Å². The second kappa shape index (κ2) is 7.10. The van der Waals surface area contributed by atoms with E-state index in [1.165, 1.54) is 0 Å². The van der Waals surface area contributed by atoms with Gasteiger partial charge < -0.3 is 10.1 Å². The standard InChI is InChI=1S/C18H14ClN3O2/c1-12-8-9-17(22-21-12)24-16-7-2-4-13(10-16)18(23)20-15-6-3-5-14(19)11-15/h2-11H,1H3,(H,20,23). The molecule has 0 atom stereocenters. The topological polar surface area (TPSA) is 64.1 Å². The molecule has 0 aliphatic heterocycles. The fourth-order valence-electron chi connectivity index (χ4n) is 2.03. The van der Waals surface area contributed by atoms with Gasteiger partial charge in [0.25, 0.3) is 5.91 Å². The van der Waals surface area contributed by atoms with E-state index in [1.807, 2.05) is 6.92 Å². The van der Waals surface area contributed by atoms with Crippen LogP contribution in [0.25, 0.3) is 0 Å². The average Bonchev–Trinajstić information content (AvgIpc) is 2.57. The molecule has 3 aromatic rings. The van der Waals surface area contributed by atoms with Gasteiger partial charge in [-0.2, -0.15) is 5.10 Å². The first kappa shape index (κ1) is 16.0. The quantitative estimate of drug-likeness (QED) is 0.761. The molecular weight excluding hydrogens is 326 g/mol. The zero-order valence-corrected chi connectivity index (χ0v) is 13.6. The number of anilines is 1. The van der Waals surface area contributed by atoms with Crippen molar-refractivity contribution in [3.05, 3.63) is 76.9 Å². The van der Waals surface area contributed by atoms with E-state index in [9.17, 15) is 4.79 Å². The van der Waals surface area contributed by atoms with Crippen molar-refractivity contribution in [3.63, 3.8) is 0 Å². The first-order chi connectivity index (χ1) is 11.6. The highest BCUT2D eigenvalue weighted by atomic mass is 35.5. The minimum atomic E-state index is -0.252. The molecule has 0 unspecified atom stereocenters. The van der Waals surface area contributed by atoms with Gasteiger partial charge in [0, 0.05) is 22.3 Å². The molecule has 0 spiro atoms. The van der Waals surface area contributed by atoms with Crippen molar-refractivity contribution in [2.75, 3.05) is 5.32 Å². The number of rotatable bonds is 4. The van der Waals surface area contributed by atoms with Crippen LogP contribution in [-0.2, 0) is 0 Å². The van der Waals surface area contributed by atoms with E-state index in [0.717, 1.165) is 5.69 Å². The molecule has 0 aliphatic rings. The Morgan fingerprint density at radius 2 is 1.88 bits per heavy atom. The van der Waals surface area contributed by atoms with E-state index in [2.05, 4.69) is 15.5 Å². The van der Waals surface area contributed by atoms with Crippen LogP contribution in [0.5, 0.6) is 11.6 Å². The summed E-state index contributed by atoms with van der Waals surface area (Å²) < 4.78 is 5.62. The van der Waals surface area contributed by atoms with Crippen molar-refractivity contribution in [1.82, 2.24) is 10.2 Å². The van der Waals surface area contributed by atoms with Gasteiger partial charge in [0.05, 0.1) is 5.69 Å². The van der Waals surface area contributed by atoms with Crippen molar-refractivity contribution in [2.45, 2.75) is 6.92 Å². The Kier molecular flexibility index (Phi) is 4.72. The molecule has 1 N–H and O–H groups in total. The summed E-state index contributed by atoms with van der Waals surface area (Å²) in [5, 5.41) is 11.2. The first-order valence-electron chi connectivity index (χ1n) is 7.25. The molecule has 6 heteroatoms. The van der Waals surface area contributed by atoms with Crippen molar-refractivity contribution in [2.24, 2.45) is 0 Å². The van der Waals surface area contributed by atoms with Crippen LogP contribution in [0.1, 0.15) is 16.1 Å². The lowest BCUT2D eigenvalue weighted by atomic mass is 10.2. The van der Waals surface area contributed by atoms with Crippen LogP contribution in [0.3, 0.4) is 0 Å². The Morgan fingerprint density at radius 1 is 1.04 bits per heavy atom. The van der Waals surface area contributed by atoms with Crippen LogP contribution in [0.15, 0.2) is 60.7 Å². The number of hydrogen-bond acceptors (Lipinski definition) is 4. The predicted molar refractivity (Wildman–Crippen MR) is 92.7 cm³/mol. The number of amides is 1. The predicted octanol–water partition coefficient (Wildman–Crippen LogP) is 4.48. The minimum Gasteiger partial charge on any atom is -0.438 e. The lowest BCUT2D eigenvalue weighted by Gasteiger charge is -2.08. The normalized spacial score (nSPS) is 10.2. The fraction of sp³-hybridized carbons (Fsp3) is 0.0556. The lowest BCUT2D eigenvalue weighted by Crippen LogP contribution is -2.11. The molecule has 0 aliphatic carbocycles. The maximum Gasteiger partial charge on any atom is 0.255 e. The van der Waals surface area contributed by atoms with Gasteiger partial charge in [-0.15, -0.1) is 5.10 Å². The van der Waals surface area contributed by atoms with Crippen molar-refractivity contribution >= 4 is 23.2 Å². The van der Waals surface area contributed by atoms with Crippen LogP contribution >= 0.6 is 11.6 Å². The highest BCUT2D eigenvalue weighted by Crippen LogP contribution is 2.21. The summed E-state index contributed by atoms with van der Waals surface area (Å²) in [7, 11) is 0. The Labute approximate surface area is 144 Å². The van der Waals surface area contributed by atoms with Gasteiger partial charge in [-0.05, 0) is 49.4 Å². The maximum atomic E-state index is 12.3. The number of aromatic nitrogens is 2. The van der Waals surface area contributed by atoms with Crippen LogP contribution in [-0.4, -0.2) is 16.1 Å². The molecule has 0 radical (unpaired) electrons. The zero-order valence-electron chi connectivity index (χ0n) is 12.9. The third-order valence-electron chi connectivity index (χ3n) is 3.17. The van der Waals surface area contributed by atoms with Crippen molar-refractivity contribution in [3.8, 4) is 11.6 Å². The van der Waals surface area contributed by atoms with Gasteiger partial charge in [-0.25, -0.2) is 0 Å². The van der Waals surface area contributed by atoms with E-state index in [-0.39, 0.29) is 5.91 Å². The summed E-state index contributed by atoms with van der Waals surface area (Å²) in [4.78, 5) is 12.3. The number of nitrogens with one attached hydrogen (secondary N) is 1. The number of nitrogens with zero attached hydrogens (tertiary/aromatic N) is 2. The van der Waals surface area contributed by atoms with Crippen molar-refractivity contribution in [1.29, 1.82) is 0 Å². The molecule has 2 aromatic carbocycles. The number of halogens is 1. The summed E-state index contributed by atoms with van der Waals surface area (Å²) in [6.07, 6.45) is 0. The molecule has 0 saturated carbocycles. The largest absolute Gasteiger partial charge is 0.438 e. The van der Waals surface area contributed by atoms with Gasteiger partial charge in [-0.3, -0.25) is 4.79 Å². The third kappa shape index (κ3) is 4.08. The summed E-state index contributed by atoms with van der Waals surface area (Å²) in [6.45, 7) is 1.84. The fourth-order valence-corrected chi connectivity index (χ4v) is 2.22. The van der Waals surface area contributed by atoms with Gasteiger partial charge in [0.2, 0.25) is 5.88 Å². The second-order valence-corrected chi connectivity index (χ2v) is 5.54. The molecule has 3 rings (SSSR count). The maximum absolute atomic E-state index is 12.3. The minimum absolute atomic E-state index is 0.252. The first-order valence-corrected chi connectivity index (χ1v) is 7.63. The molecule has 5 nitrogen and oxygen atoms in total. The number of benzene rings is 2.